The van der Waals surface area contributed by atoms with Gasteiger partial charge in [-0.05, 0) is 24.6 Å². The molecule has 1 aliphatic heterocycles. The van der Waals surface area contributed by atoms with Crippen LogP contribution in [0, 0.1) is 11.3 Å². The highest BCUT2D eigenvalue weighted by Crippen LogP contribution is 2.31. The van der Waals surface area contributed by atoms with Crippen LogP contribution in [0.3, 0.4) is 0 Å². The van der Waals surface area contributed by atoms with Crippen molar-refractivity contribution in [2.45, 2.75) is 18.6 Å². The Morgan fingerprint density at radius 2 is 1.86 bits per heavy atom. The smallest absolute Gasteiger partial charge is 0.319 e. The van der Waals surface area contributed by atoms with E-state index < -0.39 is 30.2 Å². The van der Waals surface area contributed by atoms with Gasteiger partial charge in [0.2, 0.25) is 0 Å². The fourth-order valence-electron chi connectivity index (χ4n) is 2.09. The minimum Gasteiger partial charge on any atom is -0.319 e. The Balaban J connectivity index is 2.33. The van der Waals surface area contributed by atoms with Crippen LogP contribution < -0.4 is 5.32 Å². The topological polar surface area (TPSA) is 73.2 Å². The van der Waals surface area contributed by atoms with Gasteiger partial charge in [-0.2, -0.15) is 18.4 Å². The van der Waals surface area contributed by atoms with E-state index in [1.54, 1.807) is 0 Å². The normalized spacial score (nSPS) is 22.1. The lowest BCUT2D eigenvalue weighted by atomic mass is 9.91. The molecule has 0 aliphatic carbocycles. The largest absolute Gasteiger partial charge is 0.406 e. The number of imide groups is 1. The summed E-state index contributed by atoms with van der Waals surface area (Å²) in [7, 11) is 0. The van der Waals surface area contributed by atoms with E-state index in [1.807, 2.05) is 6.07 Å². The lowest BCUT2D eigenvalue weighted by Gasteiger charge is -2.22. The molecule has 0 saturated carbocycles. The molecule has 1 atom stereocenters. The van der Waals surface area contributed by atoms with Gasteiger partial charge in [0.25, 0.3) is 5.91 Å². The van der Waals surface area contributed by atoms with Gasteiger partial charge in [0, 0.05) is 0 Å². The first-order valence-corrected chi connectivity index (χ1v) is 5.89. The van der Waals surface area contributed by atoms with Crippen LogP contribution in [-0.2, 0) is 10.3 Å². The van der Waals surface area contributed by atoms with Crippen LogP contribution in [0.4, 0.5) is 18.0 Å². The first-order valence-electron chi connectivity index (χ1n) is 5.89. The number of benzene rings is 1. The number of urea groups is 1. The second kappa shape index (κ2) is 4.77. The van der Waals surface area contributed by atoms with Crippen molar-refractivity contribution in [1.82, 2.24) is 10.2 Å². The summed E-state index contributed by atoms with van der Waals surface area (Å²) >= 11 is 0. The molecular formula is C13H10F3N3O2. The molecule has 1 aromatic rings. The fraction of sp³-hybridized carbons (Fsp3) is 0.308. The molecule has 3 amide bonds. The molecule has 21 heavy (non-hydrogen) atoms. The standard InChI is InChI=1S/C13H10F3N3O2/c1-12(9-4-2-8(6-17)3-5-9)10(20)19(11(21)18-12)7-13(14,15)16/h2-5H,7H2,1H3,(H,18,21)/t12-/m1/s1. The molecule has 1 aromatic carbocycles. The van der Waals surface area contributed by atoms with Crippen LogP contribution in [0.15, 0.2) is 24.3 Å². The van der Waals surface area contributed by atoms with Gasteiger partial charge < -0.3 is 5.32 Å². The van der Waals surface area contributed by atoms with E-state index in [2.05, 4.69) is 5.32 Å². The van der Waals surface area contributed by atoms with Crippen molar-refractivity contribution in [1.29, 1.82) is 5.26 Å². The number of nitrogens with zero attached hydrogens (tertiary/aromatic N) is 2. The molecule has 1 N–H and O–H groups in total. The molecule has 1 heterocycles. The van der Waals surface area contributed by atoms with Crippen molar-refractivity contribution in [3.05, 3.63) is 35.4 Å². The van der Waals surface area contributed by atoms with Crippen molar-refractivity contribution < 1.29 is 22.8 Å². The zero-order chi connectivity index (χ0) is 15.8. The second-order valence-corrected chi connectivity index (χ2v) is 4.75. The van der Waals surface area contributed by atoms with Crippen LogP contribution >= 0.6 is 0 Å². The summed E-state index contributed by atoms with van der Waals surface area (Å²) in [6.07, 6.45) is -4.66. The minimum atomic E-state index is -4.66. The summed E-state index contributed by atoms with van der Waals surface area (Å²) < 4.78 is 37.2. The van der Waals surface area contributed by atoms with Crippen molar-refractivity contribution in [2.24, 2.45) is 0 Å². The van der Waals surface area contributed by atoms with Gasteiger partial charge in [-0.3, -0.25) is 9.69 Å². The van der Waals surface area contributed by atoms with Crippen molar-refractivity contribution in [2.75, 3.05) is 6.54 Å². The Labute approximate surface area is 118 Å². The lowest BCUT2D eigenvalue weighted by Crippen LogP contribution is -2.42. The maximum Gasteiger partial charge on any atom is 0.406 e. The molecule has 1 aliphatic rings. The zero-order valence-electron chi connectivity index (χ0n) is 10.9. The number of nitriles is 1. The van der Waals surface area contributed by atoms with E-state index in [0.717, 1.165) is 0 Å². The summed E-state index contributed by atoms with van der Waals surface area (Å²) in [6, 6.07) is 6.49. The SMILES string of the molecule is C[C@]1(c2ccc(C#N)cc2)NC(=O)N(CC(F)(F)F)C1=O. The molecule has 0 radical (unpaired) electrons. The van der Waals surface area contributed by atoms with E-state index in [9.17, 15) is 22.8 Å². The molecule has 0 aromatic heterocycles. The molecule has 110 valence electrons. The molecule has 8 heteroatoms. The Hall–Kier alpha value is -2.56. The predicted octanol–water partition coefficient (Wildman–Crippen LogP) is 1.89. The monoisotopic (exact) mass is 297 g/mol. The van der Waals surface area contributed by atoms with E-state index in [-0.39, 0.29) is 4.90 Å². The van der Waals surface area contributed by atoms with Crippen LogP contribution in [-0.4, -0.2) is 29.6 Å². The average Bonchev–Trinajstić information content (AvgIpc) is 2.62. The third-order valence-electron chi connectivity index (χ3n) is 3.20. The summed E-state index contributed by atoms with van der Waals surface area (Å²) in [4.78, 5) is 23.9. The zero-order valence-corrected chi connectivity index (χ0v) is 10.9. The predicted molar refractivity (Wildman–Crippen MR) is 64.8 cm³/mol. The van der Waals surface area contributed by atoms with Gasteiger partial charge >= 0.3 is 12.2 Å². The molecule has 0 unspecified atom stereocenters. The van der Waals surface area contributed by atoms with Gasteiger partial charge in [0.05, 0.1) is 11.6 Å². The number of nitrogens with one attached hydrogen (secondary N) is 1. The highest BCUT2D eigenvalue weighted by Gasteiger charge is 2.51. The Bertz CT molecular complexity index is 634. The van der Waals surface area contributed by atoms with Gasteiger partial charge in [-0.25, -0.2) is 4.79 Å². The van der Waals surface area contributed by atoms with Crippen molar-refractivity contribution in [3.8, 4) is 6.07 Å². The van der Waals surface area contributed by atoms with E-state index in [4.69, 9.17) is 5.26 Å². The van der Waals surface area contributed by atoms with Gasteiger partial charge in [-0.15, -0.1) is 0 Å². The van der Waals surface area contributed by atoms with Gasteiger partial charge in [0.1, 0.15) is 12.1 Å². The number of carbonyl (C=O) groups is 2. The number of halogens is 3. The first kappa shape index (κ1) is 14.8. The average molecular weight is 297 g/mol. The number of amides is 3. The maximum absolute atomic E-state index is 12.4. The van der Waals surface area contributed by atoms with Crippen molar-refractivity contribution >= 4 is 11.9 Å². The fourth-order valence-corrected chi connectivity index (χ4v) is 2.09. The summed E-state index contributed by atoms with van der Waals surface area (Å²) in [5, 5.41) is 11.0. The van der Waals surface area contributed by atoms with Crippen LogP contribution in [0.5, 0.6) is 0 Å². The number of carbonyl (C=O) groups excluding carboxylic acids is 2. The number of hydrogen-bond donors (Lipinski definition) is 1. The highest BCUT2D eigenvalue weighted by atomic mass is 19.4. The molecule has 0 spiro atoms. The van der Waals surface area contributed by atoms with Crippen LogP contribution in [0.1, 0.15) is 18.1 Å². The van der Waals surface area contributed by atoms with E-state index in [1.165, 1.54) is 31.2 Å². The number of hydrogen-bond acceptors (Lipinski definition) is 3. The summed E-state index contributed by atoms with van der Waals surface area (Å²) in [5.74, 6) is -0.977. The molecule has 1 fully saturated rings. The van der Waals surface area contributed by atoms with Gasteiger partial charge in [-0.1, -0.05) is 12.1 Å². The molecule has 5 nitrogen and oxygen atoms in total. The number of alkyl halides is 3. The minimum absolute atomic E-state index is 0.137. The molecule has 0 bridgehead atoms. The van der Waals surface area contributed by atoms with Crippen LogP contribution in [0.2, 0.25) is 0 Å². The number of rotatable bonds is 2. The summed E-state index contributed by atoms with van der Waals surface area (Å²) in [5.41, 5.74) is -0.924. The summed E-state index contributed by atoms with van der Waals surface area (Å²) in [6.45, 7) is -0.311. The maximum atomic E-state index is 12.4. The quantitative estimate of drug-likeness (QED) is 0.847. The third-order valence-corrected chi connectivity index (χ3v) is 3.20. The first-order chi connectivity index (χ1) is 9.67. The third kappa shape index (κ3) is 2.67. The Morgan fingerprint density at radius 1 is 1.29 bits per heavy atom. The lowest BCUT2D eigenvalue weighted by molar-refractivity contribution is -0.154. The Morgan fingerprint density at radius 3 is 2.33 bits per heavy atom. The molecule has 1 saturated heterocycles. The molecule has 2 rings (SSSR count). The van der Waals surface area contributed by atoms with E-state index >= 15 is 0 Å². The second-order valence-electron chi connectivity index (χ2n) is 4.75. The Kier molecular flexibility index (Phi) is 3.37. The van der Waals surface area contributed by atoms with Crippen LogP contribution in [0.25, 0.3) is 0 Å². The van der Waals surface area contributed by atoms with Gasteiger partial charge in [0.15, 0.2) is 0 Å². The van der Waals surface area contributed by atoms with E-state index in [0.29, 0.717) is 11.1 Å². The van der Waals surface area contributed by atoms with Crippen molar-refractivity contribution in [3.63, 3.8) is 0 Å². The molecular weight excluding hydrogens is 287 g/mol. The highest BCUT2D eigenvalue weighted by molar-refractivity contribution is 6.07.